The second kappa shape index (κ2) is 10.6. The van der Waals surface area contributed by atoms with Crippen molar-refractivity contribution < 1.29 is 33.4 Å². The molecule has 0 aliphatic carbocycles. The lowest BCUT2D eigenvalue weighted by Crippen LogP contribution is -2.13. The Kier molecular flexibility index (Phi) is 7.36. The molecule has 34 heavy (non-hydrogen) atoms. The van der Waals surface area contributed by atoms with Gasteiger partial charge >= 0.3 is 11.9 Å². The molecule has 0 atom stereocenters. The van der Waals surface area contributed by atoms with Crippen molar-refractivity contribution in [1.82, 2.24) is 0 Å². The van der Waals surface area contributed by atoms with Crippen LogP contribution in [0.15, 0.2) is 72.3 Å². The number of anilines is 1. The molecule has 0 fully saturated rings. The number of halogens is 1. The summed E-state index contributed by atoms with van der Waals surface area (Å²) in [6, 6.07) is 16.9. The zero-order chi connectivity index (χ0) is 24.7. The molecule has 0 saturated heterocycles. The molecule has 0 unspecified atom stereocenters. The van der Waals surface area contributed by atoms with Crippen LogP contribution in [-0.4, -0.2) is 30.1 Å². The zero-order valence-corrected chi connectivity index (χ0v) is 17.7. The number of hydrogen-bond acceptors (Lipinski definition) is 6. The van der Waals surface area contributed by atoms with Gasteiger partial charge in [0.25, 0.3) is 5.91 Å². The number of hydrogen-bond donors (Lipinski definition) is 2. The van der Waals surface area contributed by atoms with E-state index in [1.807, 2.05) is 0 Å². The lowest BCUT2D eigenvalue weighted by Gasteiger charge is -2.10. The Balaban J connectivity index is 1.78. The summed E-state index contributed by atoms with van der Waals surface area (Å²) in [6.07, 6.45) is 1.30. The Morgan fingerprint density at radius 2 is 1.74 bits per heavy atom. The molecule has 2 N–H and O–H groups in total. The van der Waals surface area contributed by atoms with Crippen molar-refractivity contribution >= 4 is 29.6 Å². The topological polar surface area (TPSA) is 126 Å². The highest BCUT2D eigenvalue weighted by Crippen LogP contribution is 2.30. The molecule has 0 aliphatic rings. The van der Waals surface area contributed by atoms with Crippen LogP contribution in [-0.2, 0) is 4.79 Å². The molecule has 0 spiro atoms. The van der Waals surface area contributed by atoms with Crippen molar-refractivity contribution in [3.63, 3.8) is 0 Å². The fourth-order valence-corrected chi connectivity index (χ4v) is 2.85. The molecule has 9 heteroatoms. The van der Waals surface area contributed by atoms with Crippen LogP contribution in [0.2, 0.25) is 0 Å². The number of carbonyl (C=O) groups is 3. The van der Waals surface area contributed by atoms with Crippen LogP contribution in [0, 0.1) is 17.1 Å². The van der Waals surface area contributed by atoms with E-state index < -0.39 is 23.7 Å². The maximum absolute atomic E-state index is 13.8. The number of amides is 1. The van der Waals surface area contributed by atoms with E-state index in [4.69, 9.17) is 14.6 Å². The summed E-state index contributed by atoms with van der Waals surface area (Å²) in [5, 5.41) is 20.9. The second-order valence-electron chi connectivity index (χ2n) is 6.79. The third-order valence-electron chi connectivity index (χ3n) is 4.55. The monoisotopic (exact) mass is 460 g/mol. The summed E-state index contributed by atoms with van der Waals surface area (Å²) in [5.41, 5.74) is 0.283. The minimum atomic E-state index is -1.10. The highest BCUT2D eigenvalue weighted by Gasteiger charge is 2.17. The van der Waals surface area contributed by atoms with E-state index in [2.05, 4.69) is 5.32 Å². The fourth-order valence-electron chi connectivity index (χ4n) is 2.85. The van der Waals surface area contributed by atoms with Gasteiger partial charge in [-0.15, -0.1) is 0 Å². The minimum absolute atomic E-state index is 0.0226. The number of ether oxygens (including phenoxy) is 2. The first kappa shape index (κ1) is 23.7. The van der Waals surface area contributed by atoms with Crippen molar-refractivity contribution in [1.29, 1.82) is 5.26 Å². The number of nitrogens with zero attached hydrogens (tertiary/aromatic N) is 1. The summed E-state index contributed by atoms with van der Waals surface area (Å²) < 4.78 is 24.3. The molecular weight excluding hydrogens is 443 g/mol. The van der Waals surface area contributed by atoms with E-state index in [1.54, 1.807) is 6.07 Å². The highest BCUT2D eigenvalue weighted by molar-refractivity contribution is 6.09. The molecule has 3 rings (SSSR count). The molecule has 170 valence electrons. The number of nitrogens with one attached hydrogen (secondary N) is 1. The number of carbonyl (C=O) groups excluding carboxylic acids is 2. The summed E-state index contributed by atoms with van der Waals surface area (Å²) >= 11 is 0. The number of aromatic carboxylic acids is 1. The van der Waals surface area contributed by atoms with E-state index in [1.165, 1.54) is 73.8 Å². The van der Waals surface area contributed by atoms with Crippen LogP contribution in [0.25, 0.3) is 6.08 Å². The first-order chi connectivity index (χ1) is 16.3. The number of esters is 1. The van der Waals surface area contributed by atoms with Gasteiger partial charge in [-0.05, 0) is 60.2 Å². The van der Waals surface area contributed by atoms with Crippen LogP contribution in [0.1, 0.15) is 26.3 Å². The molecule has 0 radical (unpaired) electrons. The van der Waals surface area contributed by atoms with E-state index in [0.717, 1.165) is 6.07 Å². The van der Waals surface area contributed by atoms with Gasteiger partial charge in [0.2, 0.25) is 0 Å². The van der Waals surface area contributed by atoms with Crippen LogP contribution in [0.5, 0.6) is 11.5 Å². The lowest BCUT2D eigenvalue weighted by molar-refractivity contribution is -0.112. The zero-order valence-electron chi connectivity index (χ0n) is 17.7. The summed E-state index contributed by atoms with van der Waals surface area (Å²) in [5.74, 6) is -3.30. The number of carboxylic acids is 1. The van der Waals surface area contributed by atoms with Crippen LogP contribution in [0.4, 0.5) is 10.1 Å². The number of carboxylic acid groups (broad SMARTS) is 1. The predicted molar refractivity (Wildman–Crippen MR) is 120 cm³/mol. The average Bonchev–Trinajstić information content (AvgIpc) is 2.83. The number of benzene rings is 3. The van der Waals surface area contributed by atoms with E-state index >= 15 is 0 Å². The molecule has 3 aromatic carbocycles. The molecule has 0 saturated carbocycles. The maximum Gasteiger partial charge on any atom is 0.346 e. The van der Waals surface area contributed by atoms with Crippen LogP contribution < -0.4 is 14.8 Å². The Morgan fingerprint density at radius 3 is 2.35 bits per heavy atom. The third-order valence-corrected chi connectivity index (χ3v) is 4.55. The van der Waals surface area contributed by atoms with Crippen molar-refractivity contribution in [2.75, 3.05) is 12.4 Å². The lowest BCUT2D eigenvalue weighted by atomic mass is 10.1. The summed E-state index contributed by atoms with van der Waals surface area (Å²) in [6.45, 7) is 0. The molecule has 3 aromatic rings. The van der Waals surface area contributed by atoms with Gasteiger partial charge in [0, 0.05) is 5.69 Å². The van der Waals surface area contributed by atoms with Gasteiger partial charge in [-0.2, -0.15) is 5.26 Å². The Morgan fingerprint density at radius 1 is 1.03 bits per heavy atom. The molecule has 0 bridgehead atoms. The van der Waals surface area contributed by atoms with Crippen LogP contribution in [0.3, 0.4) is 0 Å². The van der Waals surface area contributed by atoms with Gasteiger partial charge < -0.3 is 19.9 Å². The summed E-state index contributed by atoms with van der Waals surface area (Å²) in [7, 11) is 1.34. The van der Waals surface area contributed by atoms with Gasteiger partial charge in [0.05, 0.1) is 18.2 Å². The third kappa shape index (κ3) is 5.63. The van der Waals surface area contributed by atoms with Gasteiger partial charge in [0.1, 0.15) is 17.5 Å². The molecular formula is C25H17FN2O6. The Labute approximate surface area is 193 Å². The van der Waals surface area contributed by atoms with Gasteiger partial charge in [-0.3, -0.25) is 4.79 Å². The molecule has 1 amide bonds. The predicted octanol–water partition coefficient (Wildman–Crippen LogP) is 4.30. The molecule has 0 aliphatic heterocycles. The van der Waals surface area contributed by atoms with Crippen molar-refractivity contribution in [3.05, 3.63) is 94.8 Å². The van der Waals surface area contributed by atoms with E-state index in [0.29, 0.717) is 11.3 Å². The van der Waals surface area contributed by atoms with Crippen molar-refractivity contribution in [2.45, 2.75) is 0 Å². The number of nitriles is 1. The standard InChI is InChI=1S/C25H17FN2O6/c1-33-22-13-15(6-11-21(22)34-25(32)19-4-2-3-5-20(19)26)12-17(14-27)23(29)28-18-9-7-16(8-10-18)24(30)31/h2-13H,1H3,(H,28,29)(H,30,31)/b17-12+. The smallest absolute Gasteiger partial charge is 0.346 e. The first-order valence-electron chi connectivity index (χ1n) is 9.73. The van der Waals surface area contributed by atoms with Crippen LogP contribution >= 0.6 is 0 Å². The minimum Gasteiger partial charge on any atom is -0.493 e. The number of methoxy groups -OCH3 is 1. The van der Waals surface area contributed by atoms with Gasteiger partial charge in [0.15, 0.2) is 11.5 Å². The summed E-state index contributed by atoms with van der Waals surface area (Å²) in [4.78, 5) is 35.7. The van der Waals surface area contributed by atoms with Crippen molar-refractivity contribution in [3.8, 4) is 17.6 Å². The normalized spacial score (nSPS) is 10.7. The molecule has 0 heterocycles. The van der Waals surface area contributed by atoms with Gasteiger partial charge in [-0.25, -0.2) is 14.0 Å². The molecule has 0 aromatic heterocycles. The number of rotatable bonds is 7. The SMILES string of the molecule is COc1cc(/C=C(\C#N)C(=O)Nc2ccc(C(=O)O)cc2)ccc1OC(=O)c1ccccc1F. The van der Waals surface area contributed by atoms with Gasteiger partial charge in [-0.1, -0.05) is 18.2 Å². The van der Waals surface area contributed by atoms with Crippen molar-refractivity contribution in [2.24, 2.45) is 0 Å². The fraction of sp³-hybridized carbons (Fsp3) is 0.0400. The van der Waals surface area contributed by atoms with E-state index in [-0.39, 0.29) is 28.2 Å². The highest BCUT2D eigenvalue weighted by atomic mass is 19.1. The largest absolute Gasteiger partial charge is 0.493 e. The van der Waals surface area contributed by atoms with E-state index in [9.17, 15) is 24.0 Å². The maximum atomic E-state index is 13.8. The first-order valence-corrected chi connectivity index (χ1v) is 9.73. The second-order valence-corrected chi connectivity index (χ2v) is 6.79. The quantitative estimate of drug-likeness (QED) is 0.233. The Bertz CT molecular complexity index is 1330. The Hall–Kier alpha value is -4.97. The average molecular weight is 460 g/mol. The molecule has 8 nitrogen and oxygen atoms in total.